The van der Waals surface area contributed by atoms with Gasteiger partial charge in [-0.2, -0.15) is 0 Å². The van der Waals surface area contributed by atoms with Gasteiger partial charge in [-0.1, -0.05) is 17.7 Å². The van der Waals surface area contributed by atoms with Gasteiger partial charge < -0.3 is 5.32 Å². The first-order valence-electron chi connectivity index (χ1n) is 6.43. The van der Waals surface area contributed by atoms with Crippen molar-refractivity contribution >= 4 is 23.4 Å². The Kier molecular flexibility index (Phi) is 5.02. The van der Waals surface area contributed by atoms with Crippen LogP contribution >= 0.6 is 23.4 Å². The summed E-state index contributed by atoms with van der Waals surface area (Å²) < 4.78 is 0. The molecule has 0 spiro atoms. The monoisotopic (exact) mass is 307 g/mol. The highest BCUT2D eigenvalue weighted by Crippen LogP contribution is 2.32. The summed E-state index contributed by atoms with van der Waals surface area (Å²) in [6.07, 6.45) is 3.49. The normalized spacial score (nSPS) is 11.6. The number of rotatable bonds is 4. The van der Waals surface area contributed by atoms with Crippen LogP contribution < -0.4 is 5.32 Å². The Balaban J connectivity index is 2.22. The van der Waals surface area contributed by atoms with E-state index in [4.69, 9.17) is 11.6 Å². The lowest BCUT2D eigenvalue weighted by Crippen LogP contribution is -2.35. The summed E-state index contributed by atoms with van der Waals surface area (Å²) in [5, 5.41) is 4.96. The van der Waals surface area contributed by atoms with Crippen molar-refractivity contribution in [1.29, 1.82) is 0 Å². The van der Waals surface area contributed by atoms with E-state index in [0.29, 0.717) is 0 Å². The summed E-state index contributed by atoms with van der Waals surface area (Å²) in [6.45, 7) is 7.13. The van der Waals surface area contributed by atoms with E-state index < -0.39 is 0 Å². The molecule has 0 aliphatic heterocycles. The Morgan fingerprint density at radius 1 is 1.15 bits per heavy atom. The third-order valence-corrected chi connectivity index (χ3v) is 3.96. The lowest BCUT2D eigenvalue weighted by molar-refractivity contribution is 0.422. The molecule has 1 heterocycles. The van der Waals surface area contributed by atoms with Crippen molar-refractivity contribution in [3.05, 3.63) is 47.2 Å². The molecule has 0 amide bonds. The molecule has 0 bridgehead atoms. The second kappa shape index (κ2) is 6.57. The SMILES string of the molecule is CC(C)(C)NCc1c(Cl)cccc1Sc1ncccn1. The van der Waals surface area contributed by atoms with Crippen LogP contribution in [0.1, 0.15) is 26.3 Å². The van der Waals surface area contributed by atoms with Crippen LogP contribution in [0.4, 0.5) is 0 Å². The van der Waals surface area contributed by atoms with Crippen LogP contribution in [-0.2, 0) is 6.54 Å². The summed E-state index contributed by atoms with van der Waals surface area (Å²) in [6, 6.07) is 7.72. The molecular weight excluding hydrogens is 290 g/mol. The van der Waals surface area contributed by atoms with E-state index in [1.807, 2.05) is 24.3 Å². The lowest BCUT2D eigenvalue weighted by Gasteiger charge is -2.22. The molecule has 0 unspecified atom stereocenters. The molecule has 2 rings (SSSR count). The van der Waals surface area contributed by atoms with Gasteiger partial charge in [-0.3, -0.25) is 0 Å². The van der Waals surface area contributed by atoms with Crippen LogP contribution in [0.2, 0.25) is 5.02 Å². The van der Waals surface area contributed by atoms with Crippen LogP contribution in [0.15, 0.2) is 46.7 Å². The molecule has 1 N–H and O–H groups in total. The number of nitrogens with one attached hydrogen (secondary N) is 1. The number of hydrogen-bond donors (Lipinski definition) is 1. The van der Waals surface area contributed by atoms with Gasteiger partial charge in [0.1, 0.15) is 0 Å². The molecule has 0 radical (unpaired) electrons. The van der Waals surface area contributed by atoms with Crippen molar-refractivity contribution in [2.45, 2.75) is 42.9 Å². The molecule has 1 aromatic carbocycles. The molecular formula is C15H18ClN3S. The Labute approximate surface area is 129 Å². The summed E-state index contributed by atoms with van der Waals surface area (Å²) in [5.41, 5.74) is 1.13. The zero-order valence-corrected chi connectivity index (χ0v) is 13.4. The average Bonchev–Trinajstić information content (AvgIpc) is 2.38. The maximum atomic E-state index is 6.33. The number of halogens is 1. The van der Waals surface area contributed by atoms with Crippen molar-refractivity contribution in [3.63, 3.8) is 0 Å². The topological polar surface area (TPSA) is 37.8 Å². The summed E-state index contributed by atoms with van der Waals surface area (Å²) in [5.74, 6) is 0. The van der Waals surface area contributed by atoms with Crippen molar-refractivity contribution in [3.8, 4) is 0 Å². The minimum absolute atomic E-state index is 0.0460. The minimum atomic E-state index is 0.0460. The molecule has 3 nitrogen and oxygen atoms in total. The van der Waals surface area contributed by atoms with Crippen LogP contribution in [0.3, 0.4) is 0 Å². The van der Waals surface area contributed by atoms with E-state index in [1.54, 1.807) is 12.4 Å². The summed E-state index contributed by atoms with van der Waals surface area (Å²) in [4.78, 5) is 9.57. The molecule has 106 valence electrons. The van der Waals surface area contributed by atoms with E-state index in [2.05, 4.69) is 36.1 Å². The number of nitrogens with zero attached hydrogens (tertiary/aromatic N) is 2. The quantitative estimate of drug-likeness (QED) is 0.860. The average molecular weight is 308 g/mol. The predicted molar refractivity (Wildman–Crippen MR) is 84.2 cm³/mol. The third kappa shape index (κ3) is 4.47. The molecule has 0 fully saturated rings. The van der Waals surface area contributed by atoms with Gasteiger partial charge in [0, 0.05) is 34.4 Å². The van der Waals surface area contributed by atoms with Gasteiger partial charge in [-0.25, -0.2) is 9.97 Å². The first-order chi connectivity index (χ1) is 9.46. The van der Waals surface area contributed by atoms with Gasteiger partial charge in [0.15, 0.2) is 5.16 Å². The van der Waals surface area contributed by atoms with E-state index in [9.17, 15) is 0 Å². The summed E-state index contributed by atoms with van der Waals surface area (Å²) in [7, 11) is 0. The molecule has 1 aromatic heterocycles. The van der Waals surface area contributed by atoms with Crippen molar-refractivity contribution in [2.75, 3.05) is 0 Å². The molecule has 0 atom stereocenters. The minimum Gasteiger partial charge on any atom is -0.308 e. The fourth-order valence-corrected chi connectivity index (χ4v) is 2.77. The van der Waals surface area contributed by atoms with Gasteiger partial charge in [0.25, 0.3) is 0 Å². The number of benzene rings is 1. The molecule has 2 aromatic rings. The van der Waals surface area contributed by atoms with E-state index in [1.165, 1.54) is 11.8 Å². The lowest BCUT2D eigenvalue weighted by atomic mass is 10.1. The van der Waals surface area contributed by atoms with Crippen LogP contribution in [0.5, 0.6) is 0 Å². The number of hydrogen-bond acceptors (Lipinski definition) is 4. The standard InChI is InChI=1S/C15H18ClN3S/c1-15(2,3)19-10-11-12(16)6-4-7-13(11)20-14-17-8-5-9-18-14/h4-9,19H,10H2,1-3H3. The maximum absolute atomic E-state index is 6.33. The van der Waals surface area contributed by atoms with Crippen molar-refractivity contribution in [1.82, 2.24) is 15.3 Å². The van der Waals surface area contributed by atoms with E-state index in [-0.39, 0.29) is 5.54 Å². The highest BCUT2D eigenvalue weighted by molar-refractivity contribution is 7.99. The van der Waals surface area contributed by atoms with Crippen molar-refractivity contribution in [2.24, 2.45) is 0 Å². The first kappa shape index (κ1) is 15.3. The maximum Gasteiger partial charge on any atom is 0.192 e. The molecule has 20 heavy (non-hydrogen) atoms. The smallest absolute Gasteiger partial charge is 0.192 e. The largest absolute Gasteiger partial charge is 0.308 e. The molecule has 0 aliphatic rings. The van der Waals surface area contributed by atoms with Gasteiger partial charge in [0.2, 0.25) is 0 Å². The third-order valence-electron chi connectivity index (χ3n) is 2.61. The fourth-order valence-electron chi connectivity index (χ4n) is 1.60. The van der Waals surface area contributed by atoms with Crippen molar-refractivity contribution < 1.29 is 0 Å². The van der Waals surface area contributed by atoms with Gasteiger partial charge in [-0.15, -0.1) is 0 Å². The zero-order valence-electron chi connectivity index (χ0n) is 11.9. The predicted octanol–water partition coefficient (Wildman–Crippen LogP) is 4.17. The molecule has 0 saturated heterocycles. The zero-order chi connectivity index (χ0) is 14.6. The highest BCUT2D eigenvalue weighted by Gasteiger charge is 2.14. The number of aromatic nitrogens is 2. The molecule has 5 heteroatoms. The Morgan fingerprint density at radius 3 is 2.50 bits per heavy atom. The Morgan fingerprint density at radius 2 is 1.85 bits per heavy atom. The van der Waals surface area contributed by atoms with Crippen LogP contribution in [0.25, 0.3) is 0 Å². The van der Waals surface area contributed by atoms with E-state index >= 15 is 0 Å². The van der Waals surface area contributed by atoms with Crippen LogP contribution in [0, 0.1) is 0 Å². The second-order valence-electron chi connectivity index (χ2n) is 5.45. The van der Waals surface area contributed by atoms with Gasteiger partial charge in [-0.05, 0) is 56.3 Å². The first-order valence-corrected chi connectivity index (χ1v) is 7.62. The highest BCUT2D eigenvalue weighted by atomic mass is 35.5. The molecule has 0 aliphatic carbocycles. The fraction of sp³-hybridized carbons (Fsp3) is 0.333. The van der Waals surface area contributed by atoms with E-state index in [0.717, 1.165) is 27.2 Å². The Hall–Kier alpha value is -1.10. The van der Waals surface area contributed by atoms with Gasteiger partial charge >= 0.3 is 0 Å². The van der Waals surface area contributed by atoms with Gasteiger partial charge in [0.05, 0.1) is 0 Å². The second-order valence-corrected chi connectivity index (χ2v) is 6.87. The van der Waals surface area contributed by atoms with Crippen LogP contribution in [-0.4, -0.2) is 15.5 Å². The molecule has 0 saturated carbocycles. The Bertz CT molecular complexity index is 567. The summed E-state index contributed by atoms with van der Waals surface area (Å²) >= 11 is 7.86.